The molecule has 0 unspecified atom stereocenters. The number of aliphatic hydroxyl groups is 1. The zero-order valence-corrected chi connectivity index (χ0v) is 23.3. The first-order chi connectivity index (χ1) is 17.8. The van der Waals surface area contributed by atoms with Crippen LogP contribution in [0.25, 0.3) is 5.57 Å². The number of aliphatic hydroxyl groups excluding tert-OH is 1. The van der Waals surface area contributed by atoms with E-state index in [1.807, 2.05) is 75.9 Å². The molecule has 7 nitrogen and oxygen atoms in total. The standard InChI is InChI=1S/C30H37BN2O5/c1-19-15-22(31)16-20(2)25(19)26-24(34)17-30(11-13-32(14-12-30)28(36)38-29(3,4)5)33(27(26)35)18-21-7-9-23(37-6)10-8-21/h7-10,15-16,34H,11-14,17-18H2,1-6H3. The zero-order chi connectivity index (χ0) is 27.8. The van der Waals surface area contributed by atoms with Gasteiger partial charge in [-0.05, 0) is 81.8 Å². The van der Waals surface area contributed by atoms with Crippen molar-refractivity contribution in [3.8, 4) is 5.75 Å². The Labute approximate surface area is 226 Å². The van der Waals surface area contributed by atoms with E-state index in [2.05, 4.69) is 0 Å². The molecule has 0 atom stereocenters. The molecule has 2 aliphatic rings. The predicted octanol–water partition coefficient (Wildman–Crippen LogP) is 4.58. The summed E-state index contributed by atoms with van der Waals surface area (Å²) in [6.07, 6.45) is 1.02. The lowest BCUT2D eigenvalue weighted by molar-refractivity contribution is -0.136. The third kappa shape index (κ3) is 5.54. The molecule has 2 heterocycles. The highest BCUT2D eigenvalue weighted by Gasteiger charge is 2.49. The maximum absolute atomic E-state index is 14.3. The summed E-state index contributed by atoms with van der Waals surface area (Å²) in [4.78, 5) is 30.6. The molecule has 8 heteroatoms. The number of amides is 2. The molecule has 0 bridgehead atoms. The molecule has 2 aromatic carbocycles. The molecule has 38 heavy (non-hydrogen) atoms. The van der Waals surface area contributed by atoms with E-state index in [9.17, 15) is 14.7 Å². The number of rotatable bonds is 4. The minimum atomic E-state index is -0.626. The van der Waals surface area contributed by atoms with Gasteiger partial charge in [0.2, 0.25) is 0 Å². The highest BCUT2D eigenvalue weighted by Crippen LogP contribution is 2.44. The van der Waals surface area contributed by atoms with E-state index >= 15 is 0 Å². The van der Waals surface area contributed by atoms with Gasteiger partial charge in [-0.3, -0.25) is 4.79 Å². The molecule has 1 fully saturated rings. The molecule has 2 aromatic rings. The number of likely N-dealkylation sites (tertiary alicyclic amines) is 1. The Kier molecular flexibility index (Phi) is 7.55. The highest BCUT2D eigenvalue weighted by atomic mass is 16.6. The van der Waals surface area contributed by atoms with Gasteiger partial charge in [-0.15, -0.1) is 0 Å². The first kappa shape index (κ1) is 27.6. The topological polar surface area (TPSA) is 79.3 Å². The summed E-state index contributed by atoms with van der Waals surface area (Å²) in [5.41, 5.74) is 3.11. The number of nitrogens with zero attached hydrogens (tertiary/aromatic N) is 2. The fourth-order valence-electron chi connectivity index (χ4n) is 5.64. The maximum Gasteiger partial charge on any atom is 0.410 e. The van der Waals surface area contributed by atoms with Gasteiger partial charge in [0.05, 0.1) is 18.2 Å². The molecular formula is C30H37BN2O5. The van der Waals surface area contributed by atoms with Crippen LogP contribution in [0.15, 0.2) is 42.2 Å². The number of hydrogen-bond acceptors (Lipinski definition) is 5. The normalized spacial score (nSPS) is 17.7. The lowest BCUT2D eigenvalue weighted by Gasteiger charge is -2.51. The van der Waals surface area contributed by atoms with Gasteiger partial charge in [0, 0.05) is 26.1 Å². The lowest BCUT2D eigenvalue weighted by Crippen LogP contribution is -2.60. The number of piperidine rings is 1. The highest BCUT2D eigenvalue weighted by molar-refractivity contribution is 6.32. The fraction of sp³-hybridized carbons (Fsp3) is 0.467. The molecule has 2 radical (unpaired) electrons. The van der Waals surface area contributed by atoms with E-state index in [0.717, 1.165) is 28.0 Å². The fourth-order valence-corrected chi connectivity index (χ4v) is 5.64. The summed E-state index contributed by atoms with van der Waals surface area (Å²) in [7, 11) is 7.66. The summed E-state index contributed by atoms with van der Waals surface area (Å²) < 4.78 is 10.9. The van der Waals surface area contributed by atoms with Crippen molar-refractivity contribution in [1.82, 2.24) is 9.80 Å². The quantitative estimate of drug-likeness (QED) is 0.603. The first-order valence-electron chi connectivity index (χ1n) is 13.1. The van der Waals surface area contributed by atoms with Crippen molar-refractivity contribution in [3.05, 3.63) is 64.4 Å². The number of aryl methyl sites for hydroxylation is 2. The van der Waals surface area contributed by atoms with Gasteiger partial charge < -0.3 is 24.4 Å². The monoisotopic (exact) mass is 516 g/mol. The number of hydrogen-bond donors (Lipinski definition) is 1. The van der Waals surface area contributed by atoms with E-state index in [1.165, 1.54) is 0 Å². The third-order valence-corrected chi connectivity index (χ3v) is 7.47. The average molecular weight is 516 g/mol. The summed E-state index contributed by atoms with van der Waals surface area (Å²) in [5, 5.41) is 11.4. The molecule has 0 saturated carbocycles. The molecule has 1 N–H and O–H groups in total. The summed E-state index contributed by atoms with van der Waals surface area (Å²) >= 11 is 0. The smallest absolute Gasteiger partial charge is 0.410 e. The van der Waals surface area contributed by atoms with Gasteiger partial charge in [0.15, 0.2) is 0 Å². The molecule has 2 amide bonds. The van der Waals surface area contributed by atoms with Crippen LogP contribution in [0.3, 0.4) is 0 Å². The number of methoxy groups -OCH3 is 1. The van der Waals surface area contributed by atoms with Gasteiger partial charge in [-0.25, -0.2) is 4.79 Å². The zero-order valence-electron chi connectivity index (χ0n) is 23.3. The minimum Gasteiger partial charge on any atom is -0.511 e. The van der Waals surface area contributed by atoms with Gasteiger partial charge >= 0.3 is 6.09 Å². The molecule has 200 valence electrons. The van der Waals surface area contributed by atoms with Crippen LogP contribution in [-0.4, -0.2) is 66.1 Å². The van der Waals surface area contributed by atoms with Gasteiger partial charge in [0.25, 0.3) is 5.91 Å². The molecule has 2 aliphatic heterocycles. The van der Waals surface area contributed by atoms with E-state index in [-0.39, 0.29) is 17.8 Å². The van der Waals surface area contributed by atoms with Crippen molar-refractivity contribution in [3.63, 3.8) is 0 Å². The molecule has 0 aliphatic carbocycles. The summed E-state index contributed by atoms with van der Waals surface area (Å²) in [6, 6.07) is 11.3. The predicted molar refractivity (Wildman–Crippen MR) is 149 cm³/mol. The minimum absolute atomic E-state index is 0.0858. The van der Waals surface area contributed by atoms with Crippen molar-refractivity contribution in [2.24, 2.45) is 0 Å². The second-order valence-electron chi connectivity index (χ2n) is 11.5. The number of carbonyl (C=O) groups is 2. The van der Waals surface area contributed by atoms with Crippen molar-refractivity contribution in [1.29, 1.82) is 0 Å². The van der Waals surface area contributed by atoms with Crippen LogP contribution in [0.1, 0.15) is 62.3 Å². The van der Waals surface area contributed by atoms with Gasteiger partial charge in [-0.1, -0.05) is 29.7 Å². The van der Waals surface area contributed by atoms with Crippen LogP contribution in [0, 0.1) is 13.8 Å². The molecule has 1 spiro atoms. The Morgan fingerprint density at radius 1 is 1.08 bits per heavy atom. The number of benzene rings is 2. The van der Waals surface area contributed by atoms with Crippen molar-refractivity contribution >= 4 is 30.9 Å². The molecule has 4 rings (SSSR count). The van der Waals surface area contributed by atoms with Crippen molar-refractivity contribution < 1.29 is 24.2 Å². The van der Waals surface area contributed by atoms with Crippen LogP contribution in [0.2, 0.25) is 0 Å². The molecule has 0 aromatic heterocycles. The van der Waals surface area contributed by atoms with Crippen molar-refractivity contribution in [2.45, 2.75) is 71.6 Å². The SMILES string of the molecule is [B]c1cc(C)c(C2=C(O)CC3(CCN(C(=O)OC(C)(C)C)CC3)N(Cc3ccc(OC)cc3)C2=O)c(C)c1. The Morgan fingerprint density at radius 3 is 2.18 bits per heavy atom. The second-order valence-corrected chi connectivity index (χ2v) is 11.5. The van der Waals surface area contributed by atoms with Crippen LogP contribution in [0.5, 0.6) is 5.75 Å². The van der Waals surface area contributed by atoms with Crippen LogP contribution in [0.4, 0.5) is 4.79 Å². The average Bonchev–Trinajstić information content (AvgIpc) is 2.83. The van der Waals surface area contributed by atoms with Crippen molar-refractivity contribution in [2.75, 3.05) is 20.2 Å². The van der Waals surface area contributed by atoms with Crippen LogP contribution < -0.4 is 10.2 Å². The Morgan fingerprint density at radius 2 is 1.66 bits per heavy atom. The number of carbonyl (C=O) groups excluding carboxylic acids is 2. The largest absolute Gasteiger partial charge is 0.511 e. The van der Waals surface area contributed by atoms with E-state index in [4.69, 9.17) is 17.3 Å². The van der Waals surface area contributed by atoms with Gasteiger partial charge in [-0.2, -0.15) is 0 Å². The van der Waals surface area contributed by atoms with Crippen LogP contribution >= 0.6 is 0 Å². The summed E-state index contributed by atoms with van der Waals surface area (Å²) in [5.74, 6) is 0.611. The van der Waals surface area contributed by atoms with E-state index in [1.54, 1.807) is 12.0 Å². The number of ether oxygens (including phenoxy) is 2. The third-order valence-electron chi connectivity index (χ3n) is 7.47. The molecular weight excluding hydrogens is 479 g/mol. The summed E-state index contributed by atoms with van der Waals surface area (Å²) in [6.45, 7) is 10.6. The Bertz CT molecular complexity index is 1230. The molecule has 1 saturated heterocycles. The van der Waals surface area contributed by atoms with Gasteiger partial charge in [0.1, 0.15) is 25.0 Å². The van der Waals surface area contributed by atoms with Crippen LogP contribution in [-0.2, 0) is 16.1 Å². The van der Waals surface area contributed by atoms with E-state index in [0.29, 0.717) is 49.9 Å². The maximum atomic E-state index is 14.3. The Balaban J connectivity index is 1.71. The van der Waals surface area contributed by atoms with E-state index < -0.39 is 11.1 Å². The lowest BCUT2D eigenvalue weighted by atomic mass is 9.76. The second kappa shape index (κ2) is 10.4. The Hall–Kier alpha value is -3.42. The first-order valence-corrected chi connectivity index (χ1v) is 13.1.